The van der Waals surface area contributed by atoms with Crippen molar-refractivity contribution >= 4 is 17.7 Å². The van der Waals surface area contributed by atoms with Crippen LogP contribution in [0.25, 0.3) is 11.4 Å². The number of rotatable bonds is 6. The molecule has 0 aliphatic carbocycles. The van der Waals surface area contributed by atoms with Crippen LogP contribution < -0.4 is 0 Å². The minimum Gasteiger partial charge on any atom is -0.467 e. The third-order valence-electron chi connectivity index (χ3n) is 6.08. The molecule has 0 radical (unpaired) electrons. The monoisotopic (exact) mass is 452 g/mol. The summed E-state index contributed by atoms with van der Waals surface area (Å²) in [5, 5.41) is 9.65. The summed E-state index contributed by atoms with van der Waals surface area (Å²) in [6.07, 6.45) is 3.84. The SMILES string of the molecule is CC1CCN(C(=O)CSc2nnc(-c3ccc(C(C)(C)C)cc3)n2Cc2ccco2)CC1. The highest BCUT2D eigenvalue weighted by Crippen LogP contribution is 2.29. The van der Waals surface area contributed by atoms with E-state index in [9.17, 15) is 4.79 Å². The fourth-order valence-electron chi connectivity index (χ4n) is 3.90. The van der Waals surface area contributed by atoms with Gasteiger partial charge in [0.25, 0.3) is 0 Å². The molecule has 1 aromatic carbocycles. The first kappa shape index (κ1) is 22.6. The van der Waals surface area contributed by atoms with Gasteiger partial charge in [0.2, 0.25) is 5.91 Å². The van der Waals surface area contributed by atoms with Gasteiger partial charge in [-0.25, -0.2) is 0 Å². The van der Waals surface area contributed by atoms with E-state index in [0.29, 0.717) is 18.2 Å². The Kier molecular flexibility index (Phi) is 6.74. The van der Waals surface area contributed by atoms with Crippen molar-refractivity contribution in [3.05, 3.63) is 54.0 Å². The smallest absolute Gasteiger partial charge is 0.233 e. The lowest BCUT2D eigenvalue weighted by Crippen LogP contribution is -2.38. The molecule has 1 aliphatic rings. The molecule has 0 unspecified atom stereocenters. The predicted molar refractivity (Wildman–Crippen MR) is 128 cm³/mol. The van der Waals surface area contributed by atoms with E-state index in [4.69, 9.17) is 4.42 Å². The third kappa shape index (κ3) is 5.26. The Hall–Kier alpha value is -2.54. The molecule has 1 fully saturated rings. The van der Waals surface area contributed by atoms with Crippen LogP contribution >= 0.6 is 11.8 Å². The van der Waals surface area contributed by atoms with Gasteiger partial charge >= 0.3 is 0 Å². The van der Waals surface area contributed by atoms with Crippen LogP contribution in [0.4, 0.5) is 0 Å². The van der Waals surface area contributed by atoms with E-state index < -0.39 is 0 Å². The number of nitrogens with zero attached hydrogens (tertiary/aromatic N) is 4. The van der Waals surface area contributed by atoms with Crippen molar-refractivity contribution in [2.45, 2.75) is 57.7 Å². The van der Waals surface area contributed by atoms with E-state index >= 15 is 0 Å². The summed E-state index contributed by atoms with van der Waals surface area (Å²) in [4.78, 5) is 14.7. The summed E-state index contributed by atoms with van der Waals surface area (Å²) in [6, 6.07) is 12.3. The lowest BCUT2D eigenvalue weighted by molar-refractivity contribution is -0.129. The van der Waals surface area contributed by atoms with Crippen LogP contribution in [-0.2, 0) is 16.8 Å². The quantitative estimate of drug-likeness (QED) is 0.479. The summed E-state index contributed by atoms with van der Waals surface area (Å²) < 4.78 is 7.63. The Morgan fingerprint density at radius 1 is 1.12 bits per heavy atom. The van der Waals surface area contributed by atoms with Gasteiger partial charge in [0.05, 0.1) is 18.6 Å². The number of hydrogen-bond acceptors (Lipinski definition) is 5. The molecule has 1 saturated heterocycles. The number of carbonyl (C=O) groups excluding carboxylic acids is 1. The second kappa shape index (κ2) is 9.53. The van der Waals surface area contributed by atoms with Crippen LogP contribution in [0.3, 0.4) is 0 Å². The zero-order chi connectivity index (χ0) is 22.7. The molecular weight excluding hydrogens is 420 g/mol. The van der Waals surface area contributed by atoms with Gasteiger partial charge < -0.3 is 9.32 Å². The van der Waals surface area contributed by atoms with E-state index in [2.05, 4.69) is 62.2 Å². The van der Waals surface area contributed by atoms with Crippen molar-refractivity contribution in [2.75, 3.05) is 18.8 Å². The molecule has 0 spiro atoms. The second-order valence-electron chi connectivity index (χ2n) is 9.65. The molecule has 4 rings (SSSR count). The minimum atomic E-state index is 0.0913. The van der Waals surface area contributed by atoms with E-state index in [1.54, 1.807) is 6.26 Å². The van der Waals surface area contributed by atoms with Gasteiger partial charge in [-0.05, 0) is 41.9 Å². The molecule has 2 aromatic heterocycles. The van der Waals surface area contributed by atoms with Crippen LogP contribution in [0.2, 0.25) is 0 Å². The molecule has 6 nitrogen and oxygen atoms in total. The average Bonchev–Trinajstić information content (AvgIpc) is 3.42. The number of aromatic nitrogens is 3. The maximum Gasteiger partial charge on any atom is 0.233 e. The van der Waals surface area contributed by atoms with Crippen LogP contribution in [0.5, 0.6) is 0 Å². The molecule has 7 heteroatoms. The Morgan fingerprint density at radius 3 is 2.47 bits per heavy atom. The Balaban J connectivity index is 1.54. The van der Waals surface area contributed by atoms with E-state index in [1.807, 2.05) is 21.6 Å². The summed E-state index contributed by atoms with van der Waals surface area (Å²) in [7, 11) is 0. The number of hydrogen-bond donors (Lipinski definition) is 0. The first-order valence-electron chi connectivity index (χ1n) is 11.3. The maximum absolute atomic E-state index is 12.7. The molecule has 3 aromatic rings. The van der Waals surface area contributed by atoms with Crippen LogP contribution in [0.1, 0.15) is 51.9 Å². The molecule has 1 amide bonds. The fourth-order valence-corrected chi connectivity index (χ4v) is 4.75. The highest BCUT2D eigenvalue weighted by Gasteiger charge is 2.22. The summed E-state index contributed by atoms with van der Waals surface area (Å²) in [5.74, 6) is 2.85. The van der Waals surface area contributed by atoms with E-state index in [0.717, 1.165) is 48.2 Å². The standard InChI is InChI=1S/C25H32N4O2S/c1-18-11-13-28(14-12-18)22(30)17-32-24-27-26-23(29(24)16-21-6-5-15-31-21)19-7-9-20(10-8-19)25(2,3)4/h5-10,15,18H,11-14,16-17H2,1-4H3. The van der Waals surface area contributed by atoms with Gasteiger partial charge in [-0.15, -0.1) is 10.2 Å². The molecule has 1 aliphatic heterocycles. The van der Waals surface area contributed by atoms with Crippen molar-refractivity contribution in [2.24, 2.45) is 5.92 Å². The van der Waals surface area contributed by atoms with Gasteiger partial charge in [-0.3, -0.25) is 9.36 Å². The van der Waals surface area contributed by atoms with Gasteiger partial charge in [0, 0.05) is 18.7 Å². The number of furan rings is 1. The fraction of sp³-hybridized carbons (Fsp3) is 0.480. The number of thioether (sulfide) groups is 1. The molecular formula is C25H32N4O2S. The third-order valence-corrected chi connectivity index (χ3v) is 7.03. The van der Waals surface area contributed by atoms with Crippen molar-refractivity contribution < 1.29 is 9.21 Å². The van der Waals surface area contributed by atoms with Crippen molar-refractivity contribution in [3.63, 3.8) is 0 Å². The molecule has 32 heavy (non-hydrogen) atoms. The lowest BCUT2D eigenvalue weighted by atomic mass is 9.87. The van der Waals surface area contributed by atoms with Crippen molar-refractivity contribution in [1.82, 2.24) is 19.7 Å². The molecule has 0 saturated carbocycles. The van der Waals surface area contributed by atoms with Crippen molar-refractivity contribution in [1.29, 1.82) is 0 Å². The first-order valence-corrected chi connectivity index (χ1v) is 12.3. The predicted octanol–water partition coefficient (Wildman–Crippen LogP) is 5.23. The van der Waals surface area contributed by atoms with Gasteiger partial charge in [-0.1, -0.05) is 63.7 Å². The molecule has 0 bridgehead atoms. The minimum absolute atomic E-state index is 0.0913. The highest BCUT2D eigenvalue weighted by molar-refractivity contribution is 7.99. The molecule has 3 heterocycles. The van der Waals surface area contributed by atoms with Crippen LogP contribution in [-0.4, -0.2) is 44.4 Å². The van der Waals surface area contributed by atoms with E-state index in [1.165, 1.54) is 17.3 Å². The normalized spacial score (nSPS) is 15.3. The number of carbonyl (C=O) groups is 1. The topological polar surface area (TPSA) is 64.2 Å². The number of benzene rings is 1. The van der Waals surface area contributed by atoms with Crippen LogP contribution in [0.15, 0.2) is 52.2 Å². The second-order valence-corrected chi connectivity index (χ2v) is 10.6. The summed E-state index contributed by atoms with van der Waals surface area (Å²) >= 11 is 1.45. The zero-order valence-electron chi connectivity index (χ0n) is 19.4. The summed E-state index contributed by atoms with van der Waals surface area (Å²) in [6.45, 7) is 11.1. The van der Waals surface area contributed by atoms with Crippen LogP contribution in [0, 0.1) is 5.92 Å². The number of amides is 1. The molecule has 0 atom stereocenters. The Bertz CT molecular complexity index is 1030. The van der Waals surface area contributed by atoms with Crippen molar-refractivity contribution in [3.8, 4) is 11.4 Å². The lowest BCUT2D eigenvalue weighted by Gasteiger charge is -2.30. The molecule has 0 N–H and O–H groups in total. The van der Waals surface area contributed by atoms with Gasteiger partial charge in [-0.2, -0.15) is 0 Å². The first-order chi connectivity index (χ1) is 15.3. The van der Waals surface area contributed by atoms with Gasteiger partial charge in [0.15, 0.2) is 11.0 Å². The molecule has 170 valence electrons. The zero-order valence-corrected chi connectivity index (χ0v) is 20.2. The number of likely N-dealkylation sites (tertiary alicyclic amines) is 1. The number of piperidine rings is 1. The average molecular weight is 453 g/mol. The summed E-state index contributed by atoms with van der Waals surface area (Å²) in [5.41, 5.74) is 2.36. The Morgan fingerprint density at radius 2 is 1.84 bits per heavy atom. The highest BCUT2D eigenvalue weighted by atomic mass is 32.2. The van der Waals surface area contributed by atoms with Gasteiger partial charge in [0.1, 0.15) is 5.76 Å². The largest absolute Gasteiger partial charge is 0.467 e. The Labute approximate surface area is 194 Å². The van der Waals surface area contributed by atoms with E-state index in [-0.39, 0.29) is 11.3 Å². The maximum atomic E-state index is 12.7.